The lowest BCUT2D eigenvalue weighted by Crippen LogP contribution is -2.22. The van der Waals surface area contributed by atoms with Gasteiger partial charge in [0, 0.05) is 13.7 Å². The minimum Gasteiger partial charge on any atom is -0.435 e. The van der Waals surface area contributed by atoms with E-state index in [9.17, 15) is 13.9 Å². The second kappa shape index (κ2) is 8.79. The number of rotatable bonds is 9. The smallest absolute Gasteiger partial charge is 0.387 e. The Labute approximate surface area is 111 Å². The van der Waals surface area contributed by atoms with Gasteiger partial charge in [-0.1, -0.05) is 12.1 Å². The molecule has 19 heavy (non-hydrogen) atoms. The highest BCUT2D eigenvalue weighted by atomic mass is 19.3. The number of halogens is 2. The van der Waals surface area contributed by atoms with Gasteiger partial charge in [-0.15, -0.1) is 0 Å². The molecule has 0 saturated carbocycles. The predicted octanol–water partition coefficient (Wildman–Crippen LogP) is 1.77. The highest BCUT2D eigenvalue weighted by Gasteiger charge is 2.04. The van der Waals surface area contributed by atoms with E-state index >= 15 is 0 Å². The summed E-state index contributed by atoms with van der Waals surface area (Å²) in [6, 6.07) is 6.44. The normalized spacial score (nSPS) is 12.7. The van der Waals surface area contributed by atoms with Crippen molar-refractivity contribution >= 4 is 0 Å². The van der Waals surface area contributed by atoms with Crippen molar-refractivity contribution in [3.63, 3.8) is 0 Å². The molecule has 0 saturated heterocycles. The average molecular weight is 275 g/mol. The molecule has 1 rings (SSSR count). The Morgan fingerprint density at radius 2 is 1.95 bits per heavy atom. The number of methoxy groups -OCH3 is 1. The van der Waals surface area contributed by atoms with Crippen LogP contribution in [0.5, 0.6) is 5.75 Å². The Hall–Kier alpha value is -1.24. The first-order valence-electron chi connectivity index (χ1n) is 6.03. The van der Waals surface area contributed by atoms with Crippen LogP contribution in [-0.4, -0.2) is 38.1 Å². The van der Waals surface area contributed by atoms with Crippen molar-refractivity contribution in [2.45, 2.75) is 25.7 Å². The monoisotopic (exact) mass is 275 g/mol. The number of ether oxygens (including phenoxy) is 2. The molecule has 0 fully saturated rings. The standard InChI is InChI=1S/C13H19F2NO3/c1-18-9-11(17)6-7-16-8-10-2-4-12(5-3-10)19-13(14)15/h2-5,11,13,16-17H,6-9H2,1H3. The molecule has 1 aromatic carbocycles. The zero-order valence-corrected chi connectivity index (χ0v) is 10.8. The molecule has 1 aromatic rings. The first-order chi connectivity index (χ1) is 9.11. The van der Waals surface area contributed by atoms with Gasteiger partial charge in [0.05, 0.1) is 12.7 Å². The van der Waals surface area contributed by atoms with Crippen LogP contribution >= 0.6 is 0 Å². The van der Waals surface area contributed by atoms with Crippen LogP contribution in [0.4, 0.5) is 8.78 Å². The lowest BCUT2D eigenvalue weighted by molar-refractivity contribution is -0.0498. The first-order valence-corrected chi connectivity index (χ1v) is 6.03. The third-order valence-corrected chi connectivity index (χ3v) is 2.49. The molecule has 0 radical (unpaired) electrons. The van der Waals surface area contributed by atoms with Gasteiger partial charge in [-0.25, -0.2) is 0 Å². The molecule has 108 valence electrons. The Morgan fingerprint density at radius 1 is 1.26 bits per heavy atom. The van der Waals surface area contributed by atoms with Crippen molar-refractivity contribution in [2.24, 2.45) is 0 Å². The van der Waals surface area contributed by atoms with E-state index in [1.165, 1.54) is 12.1 Å². The topological polar surface area (TPSA) is 50.7 Å². The zero-order valence-electron chi connectivity index (χ0n) is 10.8. The number of hydrogen-bond acceptors (Lipinski definition) is 4. The molecule has 0 aliphatic rings. The van der Waals surface area contributed by atoms with Gasteiger partial charge in [0.15, 0.2) is 0 Å². The molecular formula is C13H19F2NO3. The van der Waals surface area contributed by atoms with Crippen LogP contribution in [0.25, 0.3) is 0 Å². The molecule has 0 aromatic heterocycles. The van der Waals surface area contributed by atoms with Gasteiger partial charge in [0.25, 0.3) is 0 Å². The number of aliphatic hydroxyl groups is 1. The maximum atomic E-state index is 11.9. The van der Waals surface area contributed by atoms with Crippen molar-refractivity contribution in [3.8, 4) is 5.75 Å². The van der Waals surface area contributed by atoms with Crippen LogP contribution in [0, 0.1) is 0 Å². The SMILES string of the molecule is COCC(O)CCNCc1ccc(OC(F)F)cc1. The summed E-state index contributed by atoms with van der Waals surface area (Å²) in [5.41, 5.74) is 0.961. The zero-order chi connectivity index (χ0) is 14.1. The van der Waals surface area contributed by atoms with Crippen LogP contribution in [0.15, 0.2) is 24.3 Å². The molecule has 0 aliphatic heterocycles. The number of alkyl halides is 2. The van der Waals surface area contributed by atoms with Gasteiger partial charge >= 0.3 is 6.61 Å². The summed E-state index contributed by atoms with van der Waals surface area (Å²) in [7, 11) is 1.54. The van der Waals surface area contributed by atoms with Crippen molar-refractivity contribution in [2.75, 3.05) is 20.3 Å². The molecule has 0 amide bonds. The van der Waals surface area contributed by atoms with E-state index in [4.69, 9.17) is 4.74 Å². The molecule has 4 nitrogen and oxygen atoms in total. The fourth-order valence-corrected chi connectivity index (χ4v) is 1.57. The second-order valence-electron chi connectivity index (χ2n) is 4.10. The molecule has 1 atom stereocenters. The minimum atomic E-state index is -2.80. The van der Waals surface area contributed by atoms with Gasteiger partial charge in [-0.3, -0.25) is 0 Å². The Morgan fingerprint density at radius 3 is 2.53 bits per heavy atom. The molecule has 0 spiro atoms. The largest absolute Gasteiger partial charge is 0.435 e. The third-order valence-electron chi connectivity index (χ3n) is 2.49. The molecule has 2 N–H and O–H groups in total. The highest BCUT2D eigenvalue weighted by molar-refractivity contribution is 5.27. The number of nitrogens with one attached hydrogen (secondary N) is 1. The number of hydrogen-bond donors (Lipinski definition) is 2. The third kappa shape index (κ3) is 7.05. The molecule has 0 bridgehead atoms. The van der Waals surface area contributed by atoms with E-state index in [-0.39, 0.29) is 5.75 Å². The molecular weight excluding hydrogens is 256 g/mol. The lowest BCUT2D eigenvalue weighted by Gasteiger charge is -2.10. The molecule has 0 heterocycles. The van der Waals surface area contributed by atoms with Crippen LogP contribution in [-0.2, 0) is 11.3 Å². The maximum absolute atomic E-state index is 11.9. The van der Waals surface area contributed by atoms with Gasteiger partial charge in [0.1, 0.15) is 5.75 Å². The highest BCUT2D eigenvalue weighted by Crippen LogP contribution is 2.14. The van der Waals surface area contributed by atoms with Crippen molar-refractivity contribution < 1.29 is 23.4 Å². The van der Waals surface area contributed by atoms with Crippen LogP contribution in [0.1, 0.15) is 12.0 Å². The van der Waals surface area contributed by atoms with E-state index in [0.717, 1.165) is 5.56 Å². The van der Waals surface area contributed by atoms with Crippen LogP contribution in [0.3, 0.4) is 0 Å². The lowest BCUT2D eigenvalue weighted by atomic mass is 10.2. The second-order valence-corrected chi connectivity index (χ2v) is 4.10. The first kappa shape index (κ1) is 15.8. The number of aliphatic hydroxyl groups excluding tert-OH is 1. The van der Waals surface area contributed by atoms with Crippen molar-refractivity contribution in [1.82, 2.24) is 5.32 Å². The van der Waals surface area contributed by atoms with Crippen LogP contribution < -0.4 is 10.1 Å². The van der Waals surface area contributed by atoms with Gasteiger partial charge in [-0.05, 0) is 30.7 Å². The fourth-order valence-electron chi connectivity index (χ4n) is 1.57. The fraction of sp³-hybridized carbons (Fsp3) is 0.538. The van der Waals surface area contributed by atoms with E-state index < -0.39 is 12.7 Å². The summed E-state index contributed by atoms with van der Waals surface area (Å²) < 4.78 is 32.9. The quantitative estimate of drug-likeness (QED) is 0.674. The molecule has 6 heteroatoms. The Kier molecular flexibility index (Phi) is 7.32. The summed E-state index contributed by atoms with van der Waals surface area (Å²) >= 11 is 0. The molecule has 1 unspecified atom stereocenters. The van der Waals surface area contributed by atoms with E-state index in [0.29, 0.717) is 26.1 Å². The summed E-state index contributed by atoms with van der Waals surface area (Å²) in [6.45, 7) is -1.22. The van der Waals surface area contributed by atoms with Gasteiger partial charge in [0.2, 0.25) is 0 Å². The van der Waals surface area contributed by atoms with Gasteiger partial charge < -0.3 is 19.9 Å². The predicted molar refractivity (Wildman–Crippen MR) is 67.3 cm³/mol. The minimum absolute atomic E-state index is 0.147. The summed E-state index contributed by atoms with van der Waals surface area (Å²) in [4.78, 5) is 0. The summed E-state index contributed by atoms with van der Waals surface area (Å²) in [5.74, 6) is 0.147. The van der Waals surface area contributed by atoms with Gasteiger partial charge in [-0.2, -0.15) is 8.78 Å². The Balaban J connectivity index is 2.22. The number of benzene rings is 1. The van der Waals surface area contributed by atoms with E-state index in [1.807, 2.05) is 0 Å². The molecule has 0 aliphatic carbocycles. The van der Waals surface area contributed by atoms with Crippen LogP contribution in [0.2, 0.25) is 0 Å². The maximum Gasteiger partial charge on any atom is 0.387 e. The summed E-state index contributed by atoms with van der Waals surface area (Å²) in [6.07, 6.45) is 0.125. The average Bonchev–Trinajstić information content (AvgIpc) is 2.36. The summed E-state index contributed by atoms with van der Waals surface area (Å²) in [5, 5.41) is 12.6. The van der Waals surface area contributed by atoms with Crippen molar-refractivity contribution in [3.05, 3.63) is 29.8 Å². The van der Waals surface area contributed by atoms with Crippen molar-refractivity contribution in [1.29, 1.82) is 0 Å². The van der Waals surface area contributed by atoms with E-state index in [1.54, 1.807) is 19.2 Å². The van der Waals surface area contributed by atoms with E-state index in [2.05, 4.69) is 10.1 Å². The Bertz CT molecular complexity index is 346.